The predicted molar refractivity (Wildman–Crippen MR) is 432 cm³/mol. The molecule has 0 spiro atoms. The molecule has 0 aliphatic carbocycles. The third-order valence-corrected chi connectivity index (χ3v) is 20.6. The Hall–Kier alpha value is -6.30. The molecule has 8 amide bonds. The van der Waals surface area contributed by atoms with E-state index >= 15 is 0 Å². The van der Waals surface area contributed by atoms with Gasteiger partial charge in [-0.25, -0.2) is 19.2 Å². The van der Waals surface area contributed by atoms with Gasteiger partial charge in [0.2, 0.25) is 11.8 Å². The van der Waals surface area contributed by atoms with Crippen LogP contribution in [0.2, 0.25) is 15.1 Å². The summed E-state index contributed by atoms with van der Waals surface area (Å²) in [4.78, 5) is 154. The van der Waals surface area contributed by atoms with E-state index in [0.717, 1.165) is 31.3 Å². The zero-order valence-corrected chi connectivity index (χ0v) is 74.0. The summed E-state index contributed by atoms with van der Waals surface area (Å²) in [6.45, 7) is 15.8. The molecule has 4 aliphatic heterocycles. The molecule has 0 aromatic heterocycles. The van der Waals surface area contributed by atoms with Gasteiger partial charge in [0.15, 0.2) is 0 Å². The SMILES string of the molecule is C.CN1CCN(CC(=O)O)CCN(C(=O)O)CCN(CC(=O)NCCCCN2C(=O)N(c3cc(Cl)cc(Cl)c3)C[C@]2(C)Cc2ccc(Br)cc2)CC1.Cc1cc(Cl)cc(N2C[C@](C)(Cc3ccc(Br)cc3)N(CCCCNC(=O)CN3CCN(C)CCN(CC(=O)O)CCN(C(=O)O)CC3)C2=O)c1.O=C=O.O=C=O.[Ga+3].[In+3]. The first-order valence-electron chi connectivity index (χ1n) is 35.4. The van der Waals surface area contributed by atoms with Gasteiger partial charge >= 0.3 is 94.1 Å². The van der Waals surface area contributed by atoms with Crippen LogP contribution in [0.4, 0.5) is 30.6 Å². The third kappa shape index (κ3) is 35.5. The minimum atomic E-state index is -1.08. The molecule has 4 aliphatic rings. The first kappa shape index (κ1) is 101. The van der Waals surface area contributed by atoms with Gasteiger partial charge in [-0.05, 0) is 151 Å². The van der Waals surface area contributed by atoms with Gasteiger partial charge in [-0.2, -0.15) is 19.2 Å². The number of hydrogen-bond acceptors (Lipinski definition) is 18. The summed E-state index contributed by atoms with van der Waals surface area (Å²) in [5.41, 5.74) is 3.69. The molecular weight excluding hydrogens is 1790 g/mol. The van der Waals surface area contributed by atoms with E-state index in [1.807, 2.05) is 88.0 Å². The van der Waals surface area contributed by atoms with Crippen LogP contribution in [0.5, 0.6) is 0 Å². The van der Waals surface area contributed by atoms with Gasteiger partial charge in [0.1, 0.15) is 0 Å². The minimum Gasteiger partial charge on any atom is -0.480 e. The molecule has 111 heavy (non-hydrogen) atoms. The molecule has 4 fully saturated rings. The quantitative estimate of drug-likeness (QED) is 0.0294. The first-order chi connectivity index (χ1) is 51.3. The van der Waals surface area contributed by atoms with Crippen molar-refractivity contribution in [1.82, 2.24) is 59.6 Å². The molecule has 4 aromatic carbocycles. The predicted octanol–water partition coefficient (Wildman–Crippen LogP) is 7.38. The van der Waals surface area contributed by atoms with E-state index in [2.05, 4.69) is 90.4 Å². The van der Waals surface area contributed by atoms with Crippen molar-refractivity contribution in [3.05, 3.63) is 126 Å². The van der Waals surface area contributed by atoms with Crippen LogP contribution < -0.4 is 20.4 Å². The number of nitrogens with zero attached hydrogens (tertiary/aromatic N) is 12. The number of urea groups is 2. The van der Waals surface area contributed by atoms with Crippen molar-refractivity contribution in [2.24, 2.45) is 0 Å². The summed E-state index contributed by atoms with van der Waals surface area (Å²) in [5, 5.41) is 45.5. The number of halogens is 5. The number of carbonyl (C=O) groups is 8. The number of hydrogen-bond donors (Lipinski definition) is 6. The van der Waals surface area contributed by atoms with Crippen LogP contribution in [-0.2, 0) is 51.2 Å². The number of aliphatic carboxylic acids is 2. The molecule has 4 saturated heterocycles. The van der Waals surface area contributed by atoms with E-state index < -0.39 is 35.2 Å². The Morgan fingerprint density at radius 1 is 0.468 bits per heavy atom. The Morgan fingerprint density at radius 3 is 1.07 bits per heavy atom. The number of carbonyl (C=O) groups excluding carboxylic acids is 8. The summed E-state index contributed by atoms with van der Waals surface area (Å²) in [6, 6.07) is 26.9. The van der Waals surface area contributed by atoms with Crippen molar-refractivity contribution in [2.75, 3.05) is 194 Å². The van der Waals surface area contributed by atoms with Crippen LogP contribution in [0.1, 0.15) is 63.6 Å². The second-order valence-corrected chi connectivity index (χ2v) is 30.7. The van der Waals surface area contributed by atoms with Crippen molar-refractivity contribution < 1.29 is 78.0 Å². The summed E-state index contributed by atoms with van der Waals surface area (Å²) < 4.78 is 1.98. The minimum absolute atomic E-state index is 0. The van der Waals surface area contributed by atoms with Gasteiger partial charge in [-0.1, -0.05) is 98.4 Å². The Kier molecular flexibility index (Phi) is 46.8. The summed E-state index contributed by atoms with van der Waals surface area (Å²) in [5.74, 6) is -2.19. The molecule has 4 aromatic rings. The second kappa shape index (κ2) is 51.5. The molecule has 0 unspecified atom stereocenters. The molecule has 0 radical (unpaired) electrons. The number of nitrogens with one attached hydrogen (secondary N) is 2. The maximum Gasteiger partial charge on any atom is 3.00 e. The largest absolute Gasteiger partial charge is 3.00 e. The number of benzene rings is 4. The topological polar surface area (TPSA) is 349 Å². The van der Waals surface area contributed by atoms with Gasteiger partial charge in [0.05, 0.1) is 50.3 Å². The number of likely N-dealkylation sites (N-methyl/N-ethyl adjacent to an activating group) is 2. The number of amides is 8. The van der Waals surface area contributed by atoms with E-state index in [0.29, 0.717) is 177 Å². The van der Waals surface area contributed by atoms with Crippen molar-refractivity contribution in [3.8, 4) is 0 Å². The molecule has 4 heterocycles. The molecular formula is C74H103Br2Cl3GaInN14O16+6. The maximum atomic E-state index is 13.9. The van der Waals surface area contributed by atoms with Crippen LogP contribution >= 0.6 is 66.7 Å². The Morgan fingerprint density at radius 2 is 0.766 bits per heavy atom. The van der Waals surface area contributed by atoms with Crippen LogP contribution in [-0.4, -0.2) is 371 Å². The van der Waals surface area contributed by atoms with E-state index in [-0.39, 0.29) is 142 Å². The number of unbranched alkanes of at least 4 members (excludes halogenated alkanes) is 2. The monoisotopic (exact) mass is 1890 g/mol. The fourth-order valence-electron chi connectivity index (χ4n) is 13.2. The fraction of sp³-hybridized carbons (Fsp3) is 0.541. The number of aryl methyl sites for hydroxylation is 1. The van der Waals surface area contributed by atoms with Crippen LogP contribution in [0, 0.1) is 6.92 Å². The molecule has 600 valence electrons. The fourth-order valence-corrected chi connectivity index (χ4v) is 14.5. The maximum absolute atomic E-state index is 13.9. The molecule has 37 heteroatoms. The first-order valence-corrected chi connectivity index (χ1v) is 38.1. The summed E-state index contributed by atoms with van der Waals surface area (Å²) in [6.07, 6.45) is 2.41. The number of carboxylic acids is 2. The van der Waals surface area contributed by atoms with E-state index in [9.17, 15) is 58.8 Å². The van der Waals surface area contributed by atoms with Crippen LogP contribution in [0.3, 0.4) is 0 Å². The van der Waals surface area contributed by atoms with Gasteiger partial charge in [0, 0.05) is 166 Å². The number of rotatable bonds is 24. The van der Waals surface area contributed by atoms with E-state index in [1.54, 1.807) is 32.9 Å². The van der Waals surface area contributed by atoms with E-state index in [4.69, 9.17) is 54.0 Å². The van der Waals surface area contributed by atoms with Gasteiger partial charge in [0.25, 0.3) is 0 Å². The summed E-state index contributed by atoms with van der Waals surface area (Å²) >= 11 is 26.0. The van der Waals surface area contributed by atoms with Crippen LogP contribution in [0.15, 0.2) is 93.9 Å². The normalized spacial score (nSPS) is 18.8. The standard InChI is InChI=1S/C36H51BrClN7O6.C35H48BrCl2N7O6.2CO2.CH4.Ga.In/c1-27-20-30(38)22-31(21-27)44-26-36(2,23-28-6-8-29(37)9-7-28)45(34(44)49)11-5-4-10-39-32(46)24-41-14-12-40(3)13-15-42(25-33(47)48)17-19-43(18-16-41)35(50)51;1-35(22-26-5-7-27(36)8-6-26)25-44(30-20-28(37)19-29(38)21-30)33(49)45(35)10-4-3-9-39-31(46)23-41-13-11-40(2)12-14-42(24-32(47)48)16-18-43(17-15-41)34(50)51;2*2-1-3;;;/h6-9,20-22H,4-5,10-19,23-26H2,1-3H3,(H,39,46)(H,47,48)(H,50,51);5-8,19-21H,3-4,9-18,22-25H2,1-2H3,(H,39,46)(H,47,48)(H,50,51);;;1H4;;/q;;;;;2*+3/t36-;35-;;;;;/m00...../s1. The smallest absolute Gasteiger partial charge is 0.480 e. The van der Waals surface area contributed by atoms with Crippen molar-refractivity contribution in [1.29, 1.82) is 0 Å². The zero-order valence-electron chi connectivity index (χ0n) is 62.8. The average molecular weight is 1900 g/mol. The van der Waals surface area contributed by atoms with Gasteiger partial charge < -0.3 is 60.5 Å². The van der Waals surface area contributed by atoms with E-state index in [1.165, 1.54) is 9.80 Å². The Labute approximate surface area is 713 Å². The molecule has 6 N–H and O–H groups in total. The molecule has 0 bridgehead atoms. The zero-order chi connectivity index (χ0) is 79.7. The summed E-state index contributed by atoms with van der Waals surface area (Å²) in [7, 11) is 3.90. The van der Waals surface area contributed by atoms with Crippen molar-refractivity contribution >= 4 is 184 Å². The Balaban J connectivity index is 0.000000686. The molecule has 30 nitrogen and oxygen atoms in total. The second-order valence-electron chi connectivity index (χ2n) is 27.6. The molecule has 8 rings (SSSR count). The Bertz CT molecular complexity index is 3440. The average Bonchev–Trinajstić information content (AvgIpc) is 1.62. The van der Waals surface area contributed by atoms with Crippen LogP contribution in [0.25, 0.3) is 0 Å². The van der Waals surface area contributed by atoms with Crippen molar-refractivity contribution in [3.63, 3.8) is 0 Å². The molecule has 0 saturated carbocycles. The van der Waals surface area contributed by atoms with Crippen molar-refractivity contribution in [2.45, 2.75) is 77.8 Å². The number of anilines is 2. The number of carboxylic acid groups (broad SMARTS) is 4. The molecule has 2 atom stereocenters. The van der Waals surface area contributed by atoms with Gasteiger partial charge in [-0.3, -0.25) is 48.6 Å². The third-order valence-electron chi connectivity index (χ3n) is 18.9. The van der Waals surface area contributed by atoms with Gasteiger partial charge in [-0.15, -0.1) is 0 Å².